The van der Waals surface area contributed by atoms with Gasteiger partial charge in [0.05, 0.1) is 0 Å². The Hall–Kier alpha value is -0.900. The molecule has 1 N–H and O–H groups in total. The van der Waals surface area contributed by atoms with Crippen LogP contribution in [0, 0.1) is 5.41 Å². The van der Waals surface area contributed by atoms with Crippen LogP contribution in [-0.4, -0.2) is 35.8 Å². The lowest BCUT2D eigenvalue weighted by Crippen LogP contribution is -2.46. The standard InChI is InChI=1S/C15H28N2O2/c1-5-8-16-12(2)7-6-9-17-13(18)10-15(3,4)11-14(17)19/h12,16H,5-11H2,1-4H3. The van der Waals surface area contributed by atoms with Crippen LogP contribution in [0.3, 0.4) is 0 Å². The van der Waals surface area contributed by atoms with Gasteiger partial charge in [0.15, 0.2) is 0 Å². The molecule has 0 aromatic heterocycles. The molecule has 19 heavy (non-hydrogen) atoms. The van der Waals surface area contributed by atoms with E-state index in [2.05, 4.69) is 19.2 Å². The fourth-order valence-electron chi connectivity index (χ4n) is 2.51. The van der Waals surface area contributed by atoms with Crippen LogP contribution < -0.4 is 5.32 Å². The highest BCUT2D eigenvalue weighted by molar-refractivity contribution is 5.98. The zero-order valence-corrected chi connectivity index (χ0v) is 12.8. The van der Waals surface area contributed by atoms with Crippen molar-refractivity contribution in [1.82, 2.24) is 10.2 Å². The Morgan fingerprint density at radius 1 is 1.26 bits per heavy atom. The van der Waals surface area contributed by atoms with Gasteiger partial charge in [-0.25, -0.2) is 0 Å². The molecule has 4 heteroatoms. The summed E-state index contributed by atoms with van der Waals surface area (Å²) in [6, 6.07) is 0.450. The maximum atomic E-state index is 12.0. The molecular formula is C15H28N2O2. The molecule has 4 nitrogen and oxygen atoms in total. The molecule has 0 aromatic carbocycles. The summed E-state index contributed by atoms with van der Waals surface area (Å²) in [4.78, 5) is 25.4. The number of likely N-dealkylation sites (tertiary alicyclic amines) is 1. The lowest BCUT2D eigenvalue weighted by Gasteiger charge is -2.34. The Kier molecular flexibility index (Phi) is 5.98. The zero-order valence-electron chi connectivity index (χ0n) is 12.8. The number of nitrogens with one attached hydrogen (secondary N) is 1. The van der Waals surface area contributed by atoms with E-state index >= 15 is 0 Å². The molecule has 2 amide bonds. The summed E-state index contributed by atoms with van der Waals surface area (Å²) in [5.41, 5.74) is -0.166. The van der Waals surface area contributed by atoms with Crippen LogP contribution >= 0.6 is 0 Å². The van der Waals surface area contributed by atoms with Gasteiger partial charge in [0, 0.05) is 25.4 Å². The minimum Gasteiger partial charge on any atom is -0.314 e. The number of amides is 2. The summed E-state index contributed by atoms with van der Waals surface area (Å²) in [6.07, 6.45) is 3.99. The maximum absolute atomic E-state index is 12.0. The zero-order chi connectivity index (χ0) is 14.5. The average molecular weight is 268 g/mol. The molecule has 0 aromatic rings. The van der Waals surface area contributed by atoms with E-state index in [1.165, 1.54) is 4.90 Å². The van der Waals surface area contributed by atoms with Crippen molar-refractivity contribution < 1.29 is 9.59 Å². The van der Waals surface area contributed by atoms with Crippen molar-refractivity contribution in [1.29, 1.82) is 0 Å². The molecule has 0 radical (unpaired) electrons. The molecule has 0 aliphatic carbocycles. The summed E-state index contributed by atoms with van der Waals surface area (Å²) in [7, 11) is 0. The van der Waals surface area contributed by atoms with Gasteiger partial charge in [-0.2, -0.15) is 0 Å². The Morgan fingerprint density at radius 3 is 2.37 bits per heavy atom. The highest BCUT2D eigenvalue weighted by atomic mass is 16.2. The van der Waals surface area contributed by atoms with Gasteiger partial charge in [-0.05, 0) is 38.1 Å². The lowest BCUT2D eigenvalue weighted by molar-refractivity contribution is -0.152. The first-order chi connectivity index (χ1) is 8.85. The van der Waals surface area contributed by atoms with E-state index < -0.39 is 0 Å². The minimum atomic E-state index is -0.166. The number of carbonyl (C=O) groups excluding carboxylic acids is 2. The number of imide groups is 1. The Labute approximate surface area is 116 Å². The Morgan fingerprint density at radius 2 is 1.84 bits per heavy atom. The van der Waals surface area contributed by atoms with Gasteiger partial charge < -0.3 is 5.32 Å². The summed E-state index contributed by atoms with van der Waals surface area (Å²) in [5, 5.41) is 3.42. The number of rotatable bonds is 7. The molecule has 0 saturated carbocycles. The topological polar surface area (TPSA) is 49.4 Å². The van der Waals surface area contributed by atoms with Crippen LogP contribution in [0.2, 0.25) is 0 Å². The Bertz CT molecular complexity index is 306. The van der Waals surface area contributed by atoms with E-state index in [9.17, 15) is 9.59 Å². The average Bonchev–Trinajstić information content (AvgIpc) is 2.28. The first-order valence-electron chi connectivity index (χ1n) is 7.42. The number of carbonyl (C=O) groups is 2. The SMILES string of the molecule is CCCNC(C)CCCN1C(=O)CC(C)(C)CC1=O. The number of hydrogen-bond acceptors (Lipinski definition) is 3. The third-order valence-electron chi connectivity index (χ3n) is 3.62. The largest absolute Gasteiger partial charge is 0.314 e. The molecule has 1 atom stereocenters. The van der Waals surface area contributed by atoms with Crippen molar-refractivity contribution >= 4 is 11.8 Å². The lowest BCUT2D eigenvalue weighted by atomic mass is 9.81. The van der Waals surface area contributed by atoms with Gasteiger partial charge in [0.25, 0.3) is 0 Å². The van der Waals surface area contributed by atoms with Gasteiger partial charge in [0.1, 0.15) is 0 Å². The van der Waals surface area contributed by atoms with Crippen molar-refractivity contribution in [3.8, 4) is 0 Å². The van der Waals surface area contributed by atoms with Crippen LogP contribution in [0.1, 0.15) is 59.8 Å². The maximum Gasteiger partial charge on any atom is 0.229 e. The van der Waals surface area contributed by atoms with Crippen molar-refractivity contribution in [3.05, 3.63) is 0 Å². The molecule has 1 unspecified atom stereocenters. The molecule has 1 saturated heterocycles. The third-order valence-corrected chi connectivity index (χ3v) is 3.62. The van der Waals surface area contributed by atoms with Crippen LogP contribution in [0.4, 0.5) is 0 Å². The highest BCUT2D eigenvalue weighted by Crippen LogP contribution is 2.31. The van der Waals surface area contributed by atoms with Crippen LogP contribution in [-0.2, 0) is 9.59 Å². The van der Waals surface area contributed by atoms with Crippen LogP contribution in [0.15, 0.2) is 0 Å². The summed E-state index contributed by atoms with van der Waals surface area (Å²) in [5.74, 6) is -0.00848. The van der Waals surface area contributed by atoms with Gasteiger partial charge in [-0.15, -0.1) is 0 Å². The molecule has 1 aliphatic heterocycles. The number of nitrogens with zero attached hydrogens (tertiary/aromatic N) is 1. The first kappa shape index (κ1) is 16.2. The normalized spacial score (nSPS) is 20.7. The molecule has 110 valence electrons. The molecule has 1 fully saturated rings. The van der Waals surface area contributed by atoms with Crippen molar-refractivity contribution in [3.63, 3.8) is 0 Å². The molecular weight excluding hydrogens is 240 g/mol. The van der Waals surface area contributed by atoms with E-state index in [0.717, 1.165) is 25.8 Å². The van der Waals surface area contributed by atoms with Gasteiger partial charge >= 0.3 is 0 Å². The van der Waals surface area contributed by atoms with Gasteiger partial charge in [-0.1, -0.05) is 20.8 Å². The quantitative estimate of drug-likeness (QED) is 0.721. The van der Waals surface area contributed by atoms with Crippen molar-refractivity contribution in [2.75, 3.05) is 13.1 Å². The second kappa shape index (κ2) is 7.04. The Balaban J connectivity index is 2.33. The van der Waals surface area contributed by atoms with Gasteiger partial charge in [0.2, 0.25) is 11.8 Å². The van der Waals surface area contributed by atoms with E-state index in [1.54, 1.807) is 0 Å². The van der Waals surface area contributed by atoms with E-state index in [0.29, 0.717) is 25.4 Å². The fourth-order valence-corrected chi connectivity index (χ4v) is 2.51. The van der Waals surface area contributed by atoms with Crippen LogP contribution in [0.5, 0.6) is 0 Å². The third kappa shape index (κ3) is 5.31. The van der Waals surface area contributed by atoms with Crippen LogP contribution in [0.25, 0.3) is 0 Å². The van der Waals surface area contributed by atoms with E-state index in [1.807, 2.05) is 13.8 Å². The summed E-state index contributed by atoms with van der Waals surface area (Å²) >= 11 is 0. The molecule has 0 spiro atoms. The molecule has 1 aliphatic rings. The summed E-state index contributed by atoms with van der Waals surface area (Å²) < 4.78 is 0. The number of piperidine rings is 1. The van der Waals surface area contributed by atoms with Crippen molar-refractivity contribution in [2.24, 2.45) is 5.41 Å². The predicted octanol–water partition coefficient (Wildman–Crippen LogP) is 2.33. The summed E-state index contributed by atoms with van der Waals surface area (Å²) in [6.45, 7) is 9.86. The molecule has 1 rings (SSSR count). The minimum absolute atomic E-state index is 0.00424. The second-order valence-corrected chi connectivity index (χ2v) is 6.45. The number of hydrogen-bond donors (Lipinski definition) is 1. The van der Waals surface area contributed by atoms with Crippen molar-refractivity contribution in [2.45, 2.75) is 65.8 Å². The van der Waals surface area contributed by atoms with E-state index in [-0.39, 0.29) is 17.2 Å². The van der Waals surface area contributed by atoms with E-state index in [4.69, 9.17) is 0 Å². The molecule has 1 heterocycles. The first-order valence-corrected chi connectivity index (χ1v) is 7.42. The van der Waals surface area contributed by atoms with Gasteiger partial charge in [-0.3, -0.25) is 14.5 Å². The molecule has 0 bridgehead atoms. The predicted molar refractivity (Wildman–Crippen MR) is 76.7 cm³/mol. The second-order valence-electron chi connectivity index (χ2n) is 6.45. The monoisotopic (exact) mass is 268 g/mol. The highest BCUT2D eigenvalue weighted by Gasteiger charge is 2.36. The smallest absolute Gasteiger partial charge is 0.229 e. The fraction of sp³-hybridized carbons (Fsp3) is 0.867.